The fourth-order valence-corrected chi connectivity index (χ4v) is 2.03. The predicted molar refractivity (Wildman–Crippen MR) is 74.3 cm³/mol. The summed E-state index contributed by atoms with van der Waals surface area (Å²) < 4.78 is 5.41. The average Bonchev–Trinajstić information content (AvgIpc) is 2.31. The van der Waals surface area contributed by atoms with Gasteiger partial charge in [0.25, 0.3) is 0 Å². The highest BCUT2D eigenvalue weighted by molar-refractivity contribution is 5.77. The van der Waals surface area contributed by atoms with Crippen LogP contribution in [-0.2, 0) is 9.53 Å². The van der Waals surface area contributed by atoms with Crippen molar-refractivity contribution in [2.75, 3.05) is 13.2 Å². The summed E-state index contributed by atoms with van der Waals surface area (Å²) >= 11 is 0. The maximum Gasteiger partial charge on any atom is 0.312 e. The minimum absolute atomic E-state index is 0.0744. The summed E-state index contributed by atoms with van der Waals surface area (Å²) in [7, 11) is 0. The second kappa shape index (κ2) is 8.52. The molecular weight excluding hydrogens is 228 g/mol. The van der Waals surface area contributed by atoms with Crippen molar-refractivity contribution in [2.24, 2.45) is 17.3 Å². The molecule has 0 amide bonds. The third-order valence-corrected chi connectivity index (χ3v) is 4.12. The third kappa shape index (κ3) is 4.97. The first-order chi connectivity index (χ1) is 8.37. The molecule has 0 bridgehead atoms. The van der Waals surface area contributed by atoms with Crippen LogP contribution < -0.4 is 0 Å². The Morgan fingerprint density at radius 2 is 1.56 bits per heavy atom. The summed E-state index contributed by atoms with van der Waals surface area (Å²) in [5.74, 6) is 0.480. The van der Waals surface area contributed by atoms with Gasteiger partial charge in [-0.25, -0.2) is 0 Å². The molecule has 0 fully saturated rings. The Morgan fingerprint density at radius 3 is 2.00 bits per heavy atom. The molecule has 0 rings (SSSR count). The van der Waals surface area contributed by atoms with Gasteiger partial charge in [0.2, 0.25) is 0 Å². The molecule has 0 radical (unpaired) electrons. The molecule has 0 spiro atoms. The van der Waals surface area contributed by atoms with Crippen molar-refractivity contribution in [1.82, 2.24) is 0 Å². The van der Waals surface area contributed by atoms with Crippen LogP contribution >= 0.6 is 0 Å². The lowest BCUT2D eigenvalue weighted by atomic mass is 9.70. The molecule has 0 unspecified atom stereocenters. The lowest BCUT2D eigenvalue weighted by molar-refractivity contribution is -0.161. The maximum absolute atomic E-state index is 12.2. The zero-order valence-electron chi connectivity index (χ0n) is 12.7. The monoisotopic (exact) mass is 258 g/mol. The zero-order chi connectivity index (χ0) is 14.2. The van der Waals surface area contributed by atoms with Crippen LogP contribution in [-0.4, -0.2) is 24.3 Å². The van der Waals surface area contributed by atoms with E-state index >= 15 is 0 Å². The van der Waals surface area contributed by atoms with E-state index in [1.54, 1.807) is 0 Å². The highest BCUT2D eigenvalue weighted by atomic mass is 16.5. The molecule has 0 atom stereocenters. The van der Waals surface area contributed by atoms with Crippen LogP contribution in [0, 0.1) is 17.3 Å². The Hall–Kier alpha value is -0.570. The zero-order valence-corrected chi connectivity index (χ0v) is 12.7. The standard InChI is InChI=1S/C15H30O3/c1-12(2)15(5,13(3)4)14(17)18-11-9-7-6-8-10-16/h12-13,16H,6-11H2,1-5H3. The van der Waals surface area contributed by atoms with Crippen LogP contribution in [0.5, 0.6) is 0 Å². The fourth-order valence-electron chi connectivity index (χ4n) is 2.03. The summed E-state index contributed by atoms with van der Waals surface area (Å²) in [6.07, 6.45) is 3.73. The number of carbonyl (C=O) groups excluding carboxylic acids is 1. The van der Waals surface area contributed by atoms with Gasteiger partial charge in [0.15, 0.2) is 0 Å². The minimum atomic E-state index is -0.398. The third-order valence-electron chi connectivity index (χ3n) is 4.12. The summed E-state index contributed by atoms with van der Waals surface area (Å²) in [4.78, 5) is 12.2. The van der Waals surface area contributed by atoms with E-state index in [2.05, 4.69) is 27.7 Å². The molecule has 3 nitrogen and oxygen atoms in total. The second-order valence-electron chi connectivity index (χ2n) is 5.87. The highest BCUT2D eigenvalue weighted by Crippen LogP contribution is 2.36. The maximum atomic E-state index is 12.2. The number of hydrogen-bond donors (Lipinski definition) is 1. The Balaban J connectivity index is 4.06. The average molecular weight is 258 g/mol. The Bertz CT molecular complexity index is 226. The van der Waals surface area contributed by atoms with E-state index in [0.717, 1.165) is 25.7 Å². The van der Waals surface area contributed by atoms with E-state index in [1.807, 2.05) is 6.92 Å². The normalized spacial score (nSPS) is 12.2. The van der Waals surface area contributed by atoms with E-state index in [0.29, 0.717) is 6.61 Å². The van der Waals surface area contributed by atoms with E-state index < -0.39 is 5.41 Å². The first kappa shape index (κ1) is 17.4. The number of rotatable bonds is 9. The molecule has 0 aromatic carbocycles. The molecule has 0 aliphatic rings. The van der Waals surface area contributed by atoms with Crippen LogP contribution in [0.4, 0.5) is 0 Å². The Labute approximate surface area is 112 Å². The van der Waals surface area contributed by atoms with Gasteiger partial charge >= 0.3 is 5.97 Å². The van der Waals surface area contributed by atoms with Gasteiger partial charge in [-0.15, -0.1) is 0 Å². The molecule has 0 aromatic rings. The Morgan fingerprint density at radius 1 is 1.06 bits per heavy atom. The largest absolute Gasteiger partial charge is 0.465 e. The fraction of sp³-hybridized carbons (Fsp3) is 0.933. The van der Waals surface area contributed by atoms with Crippen molar-refractivity contribution in [3.63, 3.8) is 0 Å². The van der Waals surface area contributed by atoms with E-state index in [4.69, 9.17) is 9.84 Å². The van der Waals surface area contributed by atoms with Crippen molar-refractivity contribution in [3.8, 4) is 0 Å². The van der Waals surface area contributed by atoms with Crippen LogP contribution in [0.15, 0.2) is 0 Å². The number of esters is 1. The SMILES string of the molecule is CC(C)C(C)(C(=O)OCCCCCCO)C(C)C. The molecule has 0 saturated heterocycles. The van der Waals surface area contributed by atoms with Crippen LogP contribution in [0.25, 0.3) is 0 Å². The summed E-state index contributed by atoms with van der Waals surface area (Å²) in [5, 5.41) is 8.65. The molecule has 0 heterocycles. The van der Waals surface area contributed by atoms with E-state index in [1.165, 1.54) is 0 Å². The summed E-state index contributed by atoms with van der Waals surface area (Å²) in [6.45, 7) is 11.0. The molecule has 1 N–H and O–H groups in total. The number of hydrogen-bond acceptors (Lipinski definition) is 3. The first-order valence-electron chi connectivity index (χ1n) is 7.15. The van der Waals surface area contributed by atoms with Crippen molar-refractivity contribution in [3.05, 3.63) is 0 Å². The van der Waals surface area contributed by atoms with Crippen molar-refractivity contribution < 1.29 is 14.6 Å². The van der Waals surface area contributed by atoms with Crippen LogP contribution in [0.2, 0.25) is 0 Å². The molecule has 0 aromatic heterocycles. The number of aliphatic hydroxyl groups is 1. The molecule has 0 aliphatic heterocycles. The number of ether oxygens (including phenoxy) is 1. The Kier molecular flexibility index (Phi) is 8.25. The first-order valence-corrected chi connectivity index (χ1v) is 7.15. The lowest BCUT2D eigenvalue weighted by Gasteiger charge is -2.35. The van der Waals surface area contributed by atoms with Crippen LogP contribution in [0.1, 0.15) is 60.3 Å². The van der Waals surface area contributed by atoms with Gasteiger partial charge in [-0.1, -0.05) is 34.1 Å². The smallest absolute Gasteiger partial charge is 0.312 e. The predicted octanol–water partition coefficient (Wildman–Crippen LogP) is 3.40. The molecule has 108 valence electrons. The minimum Gasteiger partial charge on any atom is -0.465 e. The quantitative estimate of drug-likeness (QED) is 0.509. The van der Waals surface area contributed by atoms with Gasteiger partial charge in [0, 0.05) is 6.61 Å². The molecular formula is C15H30O3. The highest BCUT2D eigenvalue weighted by Gasteiger charge is 2.40. The summed E-state index contributed by atoms with van der Waals surface area (Å²) in [6, 6.07) is 0. The van der Waals surface area contributed by atoms with Crippen molar-refractivity contribution in [1.29, 1.82) is 0 Å². The van der Waals surface area contributed by atoms with Gasteiger partial charge in [0.05, 0.1) is 12.0 Å². The topological polar surface area (TPSA) is 46.5 Å². The lowest BCUT2D eigenvalue weighted by Crippen LogP contribution is -2.39. The van der Waals surface area contributed by atoms with Gasteiger partial charge in [0.1, 0.15) is 0 Å². The number of aliphatic hydroxyl groups excluding tert-OH is 1. The van der Waals surface area contributed by atoms with Crippen LogP contribution in [0.3, 0.4) is 0 Å². The second-order valence-corrected chi connectivity index (χ2v) is 5.87. The number of carbonyl (C=O) groups is 1. The van der Waals surface area contributed by atoms with Gasteiger partial charge in [-0.05, 0) is 38.0 Å². The molecule has 0 aliphatic carbocycles. The van der Waals surface area contributed by atoms with Crippen molar-refractivity contribution in [2.45, 2.75) is 60.3 Å². The van der Waals surface area contributed by atoms with Crippen molar-refractivity contribution >= 4 is 5.97 Å². The van der Waals surface area contributed by atoms with Gasteiger partial charge in [-0.3, -0.25) is 4.79 Å². The molecule has 18 heavy (non-hydrogen) atoms. The van der Waals surface area contributed by atoms with Gasteiger partial charge < -0.3 is 9.84 Å². The van der Waals surface area contributed by atoms with Gasteiger partial charge in [-0.2, -0.15) is 0 Å². The number of unbranched alkanes of at least 4 members (excludes halogenated alkanes) is 3. The van der Waals surface area contributed by atoms with E-state index in [9.17, 15) is 4.79 Å². The van der Waals surface area contributed by atoms with E-state index in [-0.39, 0.29) is 24.4 Å². The summed E-state index contributed by atoms with van der Waals surface area (Å²) in [5.41, 5.74) is -0.398. The molecule has 3 heteroatoms. The molecule has 0 saturated carbocycles.